The van der Waals surface area contributed by atoms with E-state index in [9.17, 15) is 14.4 Å². The van der Waals surface area contributed by atoms with Crippen LogP contribution in [0.1, 0.15) is 61.9 Å². The molecule has 2 atom stereocenters. The molecule has 3 aromatic carbocycles. The Morgan fingerprint density at radius 3 is 2.17 bits per heavy atom. The Hall–Kier alpha value is -4.39. The first-order chi connectivity index (χ1) is 19.6. The highest BCUT2D eigenvalue weighted by Crippen LogP contribution is 2.36. The number of carbonyl (C=O) groups excluding carboxylic acids is 3. The van der Waals surface area contributed by atoms with Gasteiger partial charge in [-0.05, 0) is 61.9 Å². The summed E-state index contributed by atoms with van der Waals surface area (Å²) in [5, 5.41) is 5.85. The third-order valence-corrected chi connectivity index (χ3v) is 6.76. The van der Waals surface area contributed by atoms with Crippen LogP contribution in [0.4, 0.5) is 4.79 Å². The van der Waals surface area contributed by atoms with Crippen LogP contribution in [0.15, 0.2) is 91.5 Å². The zero-order valence-corrected chi connectivity index (χ0v) is 24.0. The molecule has 1 saturated carbocycles. The van der Waals surface area contributed by atoms with Crippen LogP contribution in [-0.4, -0.2) is 40.5 Å². The average molecular weight is 554 g/mol. The standard InChI is InChI=1S/C34H39N3O4/c1-5-24-17-12-18-27(21-24)30(31(38)35-23-26-15-10-7-11-16-26)37(28-19-20-28)32(39)29(22-25-13-8-6-9-14-25)36-33(40)41-34(2,3)4/h5-18,21,28-30H,1,19-20,22-23H2,2-4H3,(H,35,38)(H,36,40). The van der Waals surface area contributed by atoms with Gasteiger partial charge in [0.1, 0.15) is 17.7 Å². The van der Waals surface area contributed by atoms with Gasteiger partial charge < -0.3 is 20.3 Å². The van der Waals surface area contributed by atoms with Crippen LogP contribution in [0.2, 0.25) is 0 Å². The molecule has 1 aliphatic rings. The molecular weight excluding hydrogens is 514 g/mol. The van der Waals surface area contributed by atoms with E-state index in [2.05, 4.69) is 17.2 Å². The van der Waals surface area contributed by atoms with Gasteiger partial charge in [-0.2, -0.15) is 0 Å². The second kappa shape index (κ2) is 13.3. The van der Waals surface area contributed by atoms with Crippen molar-refractivity contribution in [3.63, 3.8) is 0 Å². The van der Waals surface area contributed by atoms with Crippen LogP contribution >= 0.6 is 0 Å². The van der Waals surface area contributed by atoms with Crippen molar-refractivity contribution in [2.45, 2.75) is 70.3 Å². The molecule has 3 amide bonds. The zero-order valence-electron chi connectivity index (χ0n) is 24.0. The molecule has 0 aliphatic heterocycles. The second-order valence-electron chi connectivity index (χ2n) is 11.3. The van der Waals surface area contributed by atoms with Crippen molar-refractivity contribution in [1.29, 1.82) is 0 Å². The minimum absolute atomic E-state index is 0.124. The minimum atomic E-state index is -0.931. The van der Waals surface area contributed by atoms with Crippen LogP contribution in [0, 0.1) is 0 Å². The predicted octanol–water partition coefficient (Wildman–Crippen LogP) is 5.81. The van der Waals surface area contributed by atoms with E-state index in [1.165, 1.54) is 0 Å². The van der Waals surface area contributed by atoms with Crippen molar-refractivity contribution in [2.75, 3.05) is 0 Å². The van der Waals surface area contributed by atoms with Gasteiger partial charge in [-0.15, -0.1) is 0 Å². The first kappa shape index (κ1) is 29.6. The topological polar surface area (TPSA) is 87.7 Å². The molecule has 0 aromatic heterocycles. The van der Waals surface area contributed by atoms with E-state index < -0.39 is 23.8 Å². The van der Waals surface area contributed by atoms with E-state index >= 15 is 0 Å². The van der Waals surface area contributed by atoms with Gasteiger partial charge in [0.25, 0.3) is 0 Å². The fourth-order valence-corrected chi connectivity index (χ4v) is 4.73. The summed E-state index contributed by atoms with van der Waals surface area (Å²) in [6, 6.07) is 24.7. The quantitative estimate of drug-likeness (QED) is 0.314. The van der Waals surface area contributed by atoms with Crippen LogP contribution in [0.25, 0.3) is 6.08 Å². The molecule has 0 radical (unpaired) electrons. The molecule has 41 heavy (non-hydrogen) atoms. The molecule has 4 rings (SSSR count). The van der Waals surface area contributed by atoms with Crippen molar-refractivity contribution in [1.82, 2.24) is 15.5 Å². The number of nitrogens with one attached hydrogen (secondary N) is 2. The third kappa shape index (κ3) is 8.55. The third-order valence-electron chi connectivity index (χ3n) is 6.76. The Labute approximate surface area is 242 Å². The summed E-state index contributed by atoms with van der Waals surface area (Å²) in [4.78, 5) is 42.9. The fraction of sp³-hybridized carbons (Fsp3) is 0.324. The summed E-state index contributed by atoms with van der Waals surface area (Å²) in [6.45, 7) is 9.52. The lowest BCUT2D eigenvalue weighted by atomic mass is 9.98. The lowest BCUT2D eigenvalue weighted by molar-refractivity contribution is -0.143. The maximum atomic E-state index is 14.4. The normalized spacial score (nSPS) is 14.3. The molecular formula is C34H39N3O4. The largest absolute Gasteiger partial charge is 0.444 e. The Kier molecular flexibility index (Phi) is 9.61. The summed E-state index contributed by atoms with van der Waals surface area (Å²) < 4.78 is 5.51. The number of ether oxygens (including phenoxy) is 1. The van der Waals surface area contributed by atoms with E-state index in [0.29, 0.717) is 12.1 Å². The molecule has 0 bridgehead atoms. The van der Waals surface area contributed by atoms with Crippen molar-refractivity contribution in [3.8, 4) is 0 Å². The number of nitrogens with zero attached hydrogens (tertiary/aromatic N) is 1. The van der Waals surface area contributed by atoms with E-state index in [-0.39, 0.29) is 24.3 Å². The number of alkyl carbamates (subject to hydrolysis) is 1. The van der Waals surface area contributed by atoms with E-state index in [1.807, 2.05) is 84.9 Å². The van der Waals surface area contributed by atoms with E-state index in [1.54, 1.807) is 31.7 Å². The molecule has 0 spiro atoms. The molecule has 2 N–H and O–H groups in total. The Bertz CT molecular complexity index is 1350. The summed E-state index contributed by atoms with van der Waals surface area (Å²) in [6.07, 6.45) is 2.85. The average Bonchev–Trinajstić information content (AvgIpc) is 3.79. The van der Waals surface area contributed by atoms with Gasteiger partial charge in [0.05, 0.1) is 0 Å². The Morgan fingerprint density at radius 1 is 0.951 bits per heavy atom. The van der Waals surface area contributed by atoms with Crippen molar-refractivity contribution in [3.05, 3.63) is 114 Å². The van der Waals surface area contributed by atoms with E-state index in [4.69, 9.17) is 4.74 Å². The second-order valence-corrected chi connectivity index (χ2v) is 11.3. The SMILES string of the molecule is C=Cc1cccc(C(C(=O)NCc2ccccc2)N(C(=O)C(Cc2ccccc2)NC(=O)OC(C)(C)C)C2CC2)c1. The highest BCUT2D eigenvalue weighted by molar-refractivity contribution is 5.93. The van der Waals surface area contributed by atoms with Crippen LogP contribution in [0.5, 0.6) is 0 Å². The van der Waals surface area contributed by atoms with Crippen LogP contribution in [0.3, 0.4) is 0 Å². The van der Waals surface area contributed by atoms with Crippen molar-refractivity contribution < 1.29 is 19.1 Å². The molecule has 214 valence electrons. The number of hydrogen-bond donors (Lipinski definition) is 2. The van der Waals surface area contributed by atoms with Crippen molar-refractivity contribution in [2.24, 2.45) is 0 Å². The van der Waals surface area contributed by atoms with Gasteiger partial charge >= 0.3 is 6.09 Å². The van der Waals surface area contributed by atoms with Gasteiger partial charge in [0.2, 0.25) is 11.8 Å². The molecule has 0 saturated heterocycles. The number of rotatable bonds is 11. The van der Waals surface area contributed by atoms with Gasteiger partial charge in [-0.3, -0.25) is 9.59 Å². The Balaban J connectivity index is 1.69. The molecule has 3 aromatic rings. The minimum Gasteiger partial charge on any atom is -0.444 e. The lowest BCUT2D eigenvalue weighted by Crippen LogP contribution is -2.54. The smallest absolute Gasteiger partial charge is 0.408 e. The number of benzene rings is 3. The molecule has 0 heterocycles. The maximum Gasteiger partial charge on any atom is 0.408 e. The maximum absolute atomic E-state index is 14.4. The van der Waals surface area contributed by atoms with Crippen LogP contribution in [-0.2, 0) is 27.3 Å². The molecule has 7 nitrogen and oxygen atoms in total. The summed E-state index contributed by atoms with van der Waals surface area (Å²) >= 11 is 0. The zero-order chi connectivity index (χ0) is 29.4. The van der Waals surface area contributed by atoms with Crippen LogP contribution < -0.4 is 10.6 Å². The summed E-state index contributed by atoms with van der Waals surface area (Å²) in [5.74, 6) is -0.614. The number of carbonyl (C=O) groups is 3. The summed E-state index contributed by atoms with van der Waals surface area (Å²) in [7, 11) is 0. The molecule has 1 fully saturated rings. The van der Waals surface area contributed by atoms with Gasteiger partial charge in [0.15, 0.2) is 0 Å². The number of hydrogen-bond acceptors (Lipinski definition) is 4. The lowest BCUT2D eigenvalue weighted by Gasteiger charge is -2.35. The predicted molar refractivity (Wildman–Crippen MR) is 161 cm³/mol. The Morgan fingerprint density at radius 2 is 1.59 bits per heavy atom. The summed E-state index contributed by atoms with van der Waals surface area (Å²) in [5.41, 5.74) is 2.64. The first-order valence-corrected chi connectivity index (χ1v) is 14.0. The van der Waals surface area contributed by atoms with Gasteiger partial charge in [-0.25, -0.2) is 4.79 Å². The van der Waals surface area contributed by atoms with Gasteiger partial charge in [-0.1, -0.05) is 91.5 Å². The van der Waals surface area contributed by atoms with Crippen molar-refractivity contribution >= 4 is 24.0 Å². The fourth-order valence-electron chi connectivity index (χ4n) is 4.73. The molecule has 2 unspecified atom stereocenters. The molecule has 7 heteroatoms. The van der Waals surface area contributed by atoms with Gasteiger partial charge in [0, 0.05) is 19.0 Å². The monoisotopic (exact) mass is 553 g/mol. The first-order valence-electron chi connectivity index (χ1n) is 14.0. The highest BCUT2D eigenvalue weighted by atomic mass is 16.6. The number of amides is 3. The highest BCUT2D eigenvalue weighted by Gasteiger charge is 2.44. The van der Waals surface area contributed by atoms with E-state index in [0.717, 1.165) is 29.5 Å². The molecule has 1 aliphatic carbocycles.